The molecule has 0 aromatic carbocycles. The molecule has 2 atom stereocenters. The maximum atomic E-state index is 12.9. The van der Waals surface area contributed by atoms with Gasteiger partial charge in [-0.1, -0.05) is 12.8 Å². The van der Waals surface area contributed by atoms with E-state index in [9.17, 15) is 13.2 Å². The molecular formula is C14H24F3NO. The lowest BCUT2D eigenvalue weighted by molar-refractivity contribution is -0.188. The molecule has 2 fully saturated rings. The van der Waals surface area contributed by atoms with Crippen LogP contribution in [0.1, 0.15) is 44.9 Å². The van der Waals surface area contributed by atoms with E-state index >= 15 is 0 Å². The van der Waals surface area contributed by atoms with E-state index in [-0.39, 0.29) is 6.42 Å². The van der Waals surface area contributed by atoms with Crippen LogP contribution in [0.15, 0.2) is 0 Å². The van der Waals surface area contributed by atoms with Crippen molar-refractivity contribution >= 4 is 0 Å². The first kappa shape index (κ1) is 15.1. The van der Waals surface area contributed by atoms with Crippen LogP contribution >= 0.6 is 0 Å². The second kappa shape index (κ2) is 6.93. The van der Waals surface area contributed by atoms with Gasteiger partial charge in [0, 0.05) is 19.3 Å². The Labute approximate surface area is 113 Å². The molecule has 2 rings (SSSR count). The molecule has 0 radical (unpaired) electrons. The zero-order valence-corrected chi connectivity index (χ0v) is 11.3. The fraction of sp³-hybridized carbons (Fsp3) is 1.00. The molecule has 2 saturated carbocycles. The second-order valence-corrected chi connectivity index (χ2v) is 5.87. The summed E-state index contributed by atoms with van der Waals surface area (Å²) in [5, 5.41) is 3.08. The Bertz CT molecular complexity index is 266. The number of nitrogens with one attached hydrogen (secondary N) is 1. The highest BCUT2D eigenvalue weighted by molar-refractivity contribution is 4.85. The summed E-state index contributed by atoms with van der Waals surface area (Å²) < 4.78 is 44.0. The molecule has 0 spiro atoms. The van der Waals surface area contributed by atoms with Gasteiger partial charge in [0.2, 0.25) is 0 Å². The predicted molar refractivity (Wildman–Crippen MR) is 68.0 cm³/mol. The van der Waals surface area contributed by atoms with Crippen molar-refractivity contribution in [1.82, 2.24) is 5.32 Å². The summed E-state index contributed by atoms with van der Waals surface area (Å²) in [6.07, 6.45) is 1.82. The lowest BCUT2D eigenvalue weighted by Crippen LogP contribution is -2.45. The van der Waals surface area contributed by atoms with Crippen LogP contribution in [0.5, 0.6) is 0 Å². The van der Waals surface area contributed by atoms with Crippen LogP contribution in [0.2, 0.25) is 0 Å². The average Bonchev–Trinajstić information content (AvgIpc) is 3.17. The Morgan fingerprint density at radius 2 is 1.79 bits per heavy atom. The highest BCUT2D eigenvalue weighted by Crippen LogP contribution is 2.37. The van der Waals surface area contributed by atoms with E-state index in [1.807, 2.05) is 0 Å². The zero-order chi connectivity index (χ0) is 13.7. The third-order valence-corrected chi connectivity index (χ3v) is 4.11. The van der Waals surface area contributed by atoms with Crippen molar-refractivity contribution in [3.05, 3.63) is 0 Å². The number of alkyl halides is 3. The Hall–Kier alpha value is -0.290. The molecule has 0 amide bonds. The predicted octanol–water partition coefficient (Wildman–Crippen LogP) is 3.51. The normalized spacial score (nSPS) is 28.6. The van der Waals surface area contributed by atoms with Crippen LogP contribution < -0.4 is 5.32 Å². The monoisotopic (exact) mass is 279 g/mol. The molecule has 19 heavy (non-hydrogen) atoms. The van der Waals surface area contributed by atoms with Gasteiger partial charge in [-0.2, -0.15) is 13.2 Å². The van der Waals surface area contributed by atoms with Crippen molar-refractivity contribution in [3.63, 3.8) is 0 Å². The van der Waals surface area contributed by atoms with Crippen molar-refractivity contribution in [3.8, 4) is 0 Å². The van der Waals surface area contributed by atoms with Crippen LogP contribution in [0.25, 0.3) is 0 Å². The second-order valence-electron chi connectivity index (χ2n) is 5.87. The summed E-state index contributed by atoms with van der Waals surface area (Å²) in [6.45, 7) is 2.11. The van der Waals surface area contributed by atoms with Crippen LogP contribution in [0, 0.1) is 11.8 Å². The molecule has 5 heteroatoms. The Balaban J connectivity index is 1.59. The van der Waals surface area contributed by atoms with E-state index in [2.05, 4.69) is 5.32 Å². The van der Waals surface area contributed by atoms with E-state index in [1.54, 1.807) is 0 Å². The first-order valence-electron chi connectivity index (χ1n) is 7.45. The van der Waals surface area contributed by atoms with Gasteiger partial charge in [-0.05, 0) is 44.6 Å². The van der Waals surface area contributed by atoms with Crippen LogP contribution in [-0.2, 0) is 4.74 Å². The summed E-state index contributed by atoms with van der Waals surface area (Å²) in [6, 6.07) is -0.391. The Kier molecular flexibility index (Phi) is 5.51. The fourth-order valence-corrected chi connectivity index (χ4v) is 2.76. The first-order chi connectivity index (χ1) is 9.07. The molecule has 0 aromatic rings. The smallest absolute Gasteiger partial charge is 0.381 e. The van der Waals surface area contributed by atoms with Gasteiger partial charge < -0.3 is 10.1 Å². The Morgan fingerprint density at radius 1 is 1.05 bits per heavy atom. The largest absolute Gasteiger partial charge is 0.393 e. The number of halogens is 3. The van der Waals surface area contributed by atoms with E-state index in [1.165, 1.54) is 12.8 Å². The molecule has 1 N–H and O–H groups in total. The van der Waals surface area contributed by atoms with Gasteiger partial charge in [0.05, 0.1) is 5.92 Å². The molecule has 112 valence electrons. The molecule has 2 aliphatic rings. The summed E-state index contributed by atoms with van der Waals surface area (Å²) in [5.74, 6) is -0.408. The summed E-state index contributed by atoms with van der Waals surface area (Å²) in [7, 11) is 0. The molecule has 2 aliphatic carbocycles. The molecule has 2 nitrogen and oxygen atoms in total. The van der Waals surface area contributed by atoms with E-state index < -0.39 is 18.1 Å². The summed E-state index contributed by atoms with van der Waals surface area (Å²) in [4.78, 5) is 0. The lowest BCUT2D eigenvalue weighted by Gasteiger charge is -2.33. The zero-order valence-electron chi connectivity index (χ0n) is 11.3. The maximum Gasteiger partial charge on any atom is 0.393 e. The molecular weight excluding hydrogens is 255 g/mol. The number of hydrogen-bond acceptors (Lipinski definition) is 2. The van der Waals surface area contributed by atoms with Crippen LogP contribution in [0.3, 0.4) is 0 Å². The van der Waals surface area contributed by atoms with Gasteiger partial charge >= 0.3 is 6.18 Å². The first-order valence-corrected chi connectivity index (χ1v) is 7.45. The van der Waals surface area contributed by atoms with Gasteiger partial charge in [-0.15, -0.1) is 0 Å². The van der Waals surface area contributed by atoms with Crippen molar-refractivity contribution in [2.45, 2.75) is 57.2 Å². The van der Waals surface area contributed by atoms with E-state index in [0.717, 1.165) is 25.4 Å². The highest BCUT2D eigenvalue weighted by Gasteiger charge is 2.45. The van der Waals surface area contributed by atoms with Crippen molar-refractivity contribution in [2.75, 3.05) is 19.8 Å². The molecule has 0 saturated heterocycles. The van der Waals surface area contributed by atoms with Crippen LogP contribution in [-0.4, -0.2) is 32.0 Å². The average molecular weight is 279 g/mol. The fourth-order valence-electron chi connectivity index (χ4n) is 2.76. The maximum absolute atomic E-state index is 12.9. The van der Waals surface area contributed by atoms with Gasteiger partial charge in [-0.3, -0.25) is 0 Å². The molecule has 0 aromatic heterocycles. The summed E-state index contributed by atoms with van der Waals surface area (Å²) >= 11 is 0. The third kappa shape index (κ3) is 5.30. The molecule has 0 heterocycles. The molecule has 0 aliphatic heterocycles. The van der Waals surface area contributed by atoms with Gasteiger partial charge in [-0.25, -0.2) is 0 Å². The third-order valence-electron chi connectivity index (χ3n) is 4.11. The number of hydrogen-bond donors (Lipinski definition) is 1. The standard InChI is InChI=1S/C14H24F3NO/c15-14(16,17)12-4-1-2-5-13(12)18-8-3-9-19-10-11-6-7-11/h11-13,18H,1-10H2. The van der Waals surface area contributed by atoms with Crippen LogP contribution in [0.4, 0.5) is 13.2 Å². The van der Waals surface area contributed by atoms with Gasteiger partial charge in [0.25, 0.3) is 0 Å². The van der Waals surface area contributed by atoms with Crippen molar-refractivity contribution < 1.29 is 17.9 Å². The quantitative estimate of drug-likeness (QED) is 0.720. The Morgan fingerprint density at radius 3 is 2.47 bits per heavy atom. The lowest BCUT2D eigenvalue weighted by atomic mass is 9.84. The van der Waals surface area contributed by atoms with Crippen molar-refractivity contribution in [1.29, 1.82) is 0 Å². The van der Waals surface area contributed by atoms with Crippen molar-refractivity contribution in [2.24, 2.45) is 11.8 Å². The highest BCUT2D eigenvalue weighted by atomic mass is 19.4. The number of rotatable bonds is 7. The topological polar surface area (TPSA) is 21.3 Å². The van der Waals surface area contributed by atoms with E-state index in [4.69, 9.17) is 4.74 Å². The van der Waals surface area contributed by atoms with Gasteiger partial charge in [0.15, 0.2) is 0 Å². The molecule has 0 bridgehead atoms. The minimum atomic E-state index is -4.06. The van der Waals surface area contributed by atoms with Gasteiger partial charge in [0.1, 0.15) is 0 Å². The summed E-state index contributed by atoms with van der Waals surface area (Å²) in [5.41, 5.74) is 0. The van der Waals surface area contributed by atoms with E-state index in [0.29, 0.717) is 26.0 Å². The SMILES string of the molecule is FC(F)(F)C1CCCCC1NCCCOCC1CC1. The molecule has 2 unspecified atom stereocenters. The minimum absolute atomic E-state index is 0.277. The number of ether oxygens (including phenoxy) is 1. The minimum Gasteiger partial charge on any atom is -0.381 e.